The van der Waals surface area contributed by atoms with Gasteiger partial charge in [0, 0.05) is 24.3 Å². The average molecular weight is 352 g/mol. The summed E-state index contributed by atoms with van der Waals surface area (Å²) in [5, 5.41) is 0. The molecule has 1 atom stereocenters. The van der Waals surface area contributed by atoms with Crippen LogP contribution in [0, 0.1) is 6.92 Å². The number of carbonyl (C=O) groups is 2. The molecule has 1 aliphatic rings. The van der Waals surface area contributed by atoms with Crippen LogP contribution in [-0.4, -0.2) is 42.5 Å². The molecule has 1 aliphatic heterocycles. The van der Waals surface area contributed by atoms with Crippen molar-refractivity contribution in [2.75, 3.05) is 24.6 Å². The van der Waals surface area contributed by atoms with E-state index in [4.69, 9.17) is 4.74 Å². The summed E-state index contributed by atoms with van der Waals surface area (Å²) in [7, 11) is 0. The number of nitrogens with zero attached hydrogens (tertiary/aromatic N) is 2. The van der Waals surface area contributed by atoms with Crippen molar-refractivity contribution in [2.45, 2.75) is 26.8 Å². The zero-order chi connectivity index (χ0) is 18.7. The molecule has 0 spiro atoms. The van der Waals surface area contributed by atoms with Crippen LogP contribution in [-0.2, 0) is 4.79 Å². The monoisotopic (exact) mass is 352 g/mol. The van der Waals surface area contributed by atoms with Crippen LogP contribution in [0.1, 0.15) is 29.8 Å². The van der Waals surface area contributed by atoms with Crippen LogP contribution in [0.4, 0.5) is 5.69 Å². The fraction of sp³-hybridized carbons (Fsp3) is 0.333. The van der Waals surface area contributed by atoms with Crippen LogP contribution < -0.4 is 9.64 Å². The molecule has 2 aromatic carbocycles. The lowest BCUT2D eigenvalue weighted by atomic mass is 10.1. The zero-order valence-corrected chi connectivity index (χ0v) is 15.4. The molecule has 1 fully saturated rings. The zero-order valence-electron chi connectivity index (χ0n) is 15.4. The highest BCUT2D eigenvalue weighted by atomic mass is 16.5. The van der Waals surface area contributed by atoms with Gasteiger partial charge in [-0.1, -0.05) is 17.7 Å². The van der Waals surface area contributed by atoms with Crippen molar-refractivity contribution in [3.8, 4) is 5.75 Å². The lowest BCUT2D eigenvalue weighted by molar-refractivity contribution is -0.124. The molecular formula is C21H24N2O3. The number of benzene rings is 2. The summed E-state index contributed by atoms with van der Waals surface area (Å²) >= 11 is 0. The second-order valence-corrected chi connectivity index (χ2v) is 6.46. The van der Waals surface area contributed by atoms with Crippen LogP contribution in [0.15, 0.2) is 48.5 Å². The summed E-state index contributed by atoms with van der Waals surface area (Å²) in [5.74, 6) is 0.614. The van der Waals surface area contributed by atoms with Gasteiger partial charge < -0.3 is 14.5 Å². The molecule has 0 N–H and O–H groups in total. The summed E-state index contributed by atoms with van der Waals surface area (Å²) in [5.41, 5.74) is 2.54. The van der Waals surface area contributed by atoms with E-state index in [9.17, 15) is 9.59 Å². The number of carbonyl (C=O) groups excluding carboxylic acids is 2. The molecule has 0 unspecified atom stereocenters. The smallest absolute Gasteiger partial charge is 0.254 e. The molecule has 0 aromatic heterocycles. The third kappa shape index (κ3) is 3.57. The lowest BCUT2D eigenvalue weighted by Crippen LogP contribution is -2.57. The Bertz CT molecular complexity index is 784. The van der Waals surface area contributed by atoms with Crippen LogP contribution in [0.5, 0.6) is 5.75 Å². The Kier molecular flexibility index (Phi) is 5.26. The topological polar surface area (TPSA) is 49.9 Å². The SMILES string of the molecule is CCOc1ccc(N2CCN(C(=O)c3ccc(C)cc3)[C@@H](C)C2=O)cc1. The van der Waals surface area contributed by atoms with Crippen LogP contribution >= 0.6 is 0 Å². The first-order valence-corrected chi connectivity index (χ1v) is 8.93. The Morgan fingerprint density at radius 3 is 2.35 bits per heavy atom. The minimum absolute atomic E-state index is 0.0686. The van der Waals surface area contributed by atoms with Gasteiger partial charge in [0.2, 0.25) is 5.91 Å². The van der Waals surface area contributed by atoms with Gasteiger partial charge in [-0.2, -0.15) is 0 Å². The third-order valence-corrected chi connectivity index (χ3v) is 4.67. The first-order valence-electron chi connectivity index (χ1n) is 8.93. The van der Waals surface area contributed by atoms with Gasteiger partial charge in [0.15, 0.2) is 0 Å². The second kappa shape index (κ2) is 7.60. The first-order chi connectivity index (χ1) is 12.5. The molecule has 0 bridgehead atoms. The molecule has 136 valence electrons. The quantitative estimate of drug-likeness (QED) is 0.848. The maximum absolute atomic E-state index is 12.8. The Morgan fingerprint density at radius 2 is 1.73 bits per heavy atom. The van der Waals surface area contributed by atoms with Crippen molar-refractivity contribution in [3.63, 3.8) is 0 Å². The Balaban J connectivity index is 1.73. The van der Waals surface area contributed by atoms with Gasteiger partial charge in [-0.15, -0.1) is 0 Å². The van der Waals surface area contributed by atoms with Gasteiger partial charge in [-0.3, -0.25) is 9.59 Å². The predicted molar refractivity (Wildman–Crippen MR) is 102 cm³/mol. The largest absolute Gasteiger partial charge is 0.494 e. The average Bonchev–Trinajstić information content (AvgIpc) is 2.65. The maximum atomic E-state index is 12.8. The van der Waals surface area contributed by atoms with Crippen molar-refractivity contribution in [3.05, 3.63) is 59.7 Å². The number of anilines is 1. The normalized spacial score (nSPS) is 17.3. The van der Waals surface area contributed by atoms with Crippen LogP contribution in [0.3, 0.4) is 0 Å². The number of hydrogen-bond acceptors (Lipinski definition) is 3. The fourth-order valence-electron chi connectivity index (χ4n) is 3.16. The Morgan fingerprint density at radius 1 is 1.08 bits per heavy atom. The number of hydrogen-bond donors (Lipinski definition) is 0. The fourth-order valence-corrected chi connectivity index (χ4v) is 3.16. The molecule has 5 heteroatoms. The molecule has 0 radical (unpaired) electrons. The van der Waals surface area contributed by atoms with Crippen LogP contribution in [0.2, 0.25) is 0 Å². The molecule has 3 rings (SSSR count). The minimum Gasteiger partial charge on any atom is -0.494 e. The summed E-state index contributed by atoms with van der Waals surface area (Å²) < 4.78 is 5.45. The number of ether oxygens (including phenoxy) is 1. The van der Waals surface area contributed by atoms with E-state index in [1.165, 1.54) is 0 Å². The van der Waals surface area contributed by atoms with Crippen LogP contribution in [0.25, 0.3) is 0 Å². The van der Waals surface area contributed by atoms with Gasteiger partial charge in [0.05, 0.1) is 6.61 Å². The van der Waals surface area contributed by atoms with Crippen molar-refractivity contribution < 1.29 is 14.3 Å². The van der Waals surface area contributed by atoms with Crippen molar-refractivity contribution in [1.82, 2.24) is 4.90 Å². The van der Waals surface area contributed by atoms with E-state index in [2.05, 4.69) is 0 Å². The van der Waals surface area contributed by atoms with Gasteiger partial charge in [0.25, 0.3) is 5.91 Å². The highest BCUT2D eigenvalue weighted by Crippen LogP contribution is 2.24. The van der Waals surface area contributed by atoms with Gasteiger partial charge in [-0.25, -0.2) is 0 Å². The lowest BCUT2D eigenvalue weighted by Gasteiger charge is -2.39. The summed E-state index contributed by atoms with van der Waals surface area (Å²) in [6.45, 7) is 7.30. The van der Waals surface area contributed by atoms with Crippen molar-refractivity contribution >= 4 is 17.5 Å². The van der Waals surface area contributed by atoms with Gasteiger partial charge in [0.1, 0.15) is 11.8 Å². The van der Waals surface area contributed by atoms with Gasteiger partial charge >= 0.3 is 0 Å². The molecule has 0 aliphatic carbocycles. The first kappa shape index (κ1) is 18.0. The molecular weight excluding hydrogens is 328 g/mol. The molecule has 2 amide bonds. The number of amides is 2. The van der Waals surface area contributed by atoms with E-state index >= 15 is 0 Å². The third-order valence-electron chi connectivity index (χ3n) is 4.67. The van der Waals surface area contributed by atoms with Crippen molar-refractivity contribution in [2.24, 2.45) is 0 Å². The molecule has 5 nitrogen and oxygen atoms in total. The second-order valence-electron chi connectivity index (χ2n) is 6.46. The summed E-state index contributed by atoms with van der Waals surface area (Å²) in [4.78, 5) is 29.0. The molecule has 0 saturated carbocycles. The van der Waals surface area contributed by atoms with E-state index in [0.29, 0.717) is 25.3 Å². The van der Waals surface area contributed by atoms with Crippen molar-refractivity contribution in [1.29, 1.82) is 0 Å². The Labute approximate surface area is 154 Å². The van der Waals surface area contributed by atoms with E-state index in [0.717, 1.165) is 17.0 Å². The van der Waals surface area contributed by atoms with E-state index in [1.54, 1.807) is 16.7 Å². The Hall–Kier alpha value is -2.82. The van der Waals surface area contributed by atoms with E-state index in [1.807, 2.05) is 62.4 Å². The predicted octanol–water partition coefficient (Wildman–Crippen LogP) is 3.27. The number of piperazine rings is 1. The van der Waals surface area contributed by atoms with E-state index < -0.39 is 6.04 Å². The standard InChI is InChI=1S/C21H24N2O3/c1-4-26-19-11-9-18(10-12-19)23-14-13-22(16(3)20(23)24)21(25)17-7-5-15(2)6-8-17/h5-12,16H,4,13-14H2,1-3H3/t16-/m0/s1. The highest BCUT2D eigenvalue weighted by molar-refractivity contribution is 6.03. The highest BCUT2D eigenvalue weighted by Gasteiger charge is 2.35. The molecule has 1 heterocycles. The molecule has 1 saturated heterocycles. The summed E-state index contributed by atoms with van der Waals surface area (Å²) in [6.07, 6.45) is 0. The minimum atomic E-state index is -0.496. The van der Waals surface area contributed by atoms with Gasteiger partial charge in [-0.05, 0) is 57.2 Å². The maximum Gasteiger partial charge on any atom is 0.254 e. The molecule has 2 aromatic rings. The number of rotatable bonds is 4. The molecule has 26 heavy (non-hydrogen) atoms. The number of aryl methyl sites for hydroxylation is 1. The van der Waals surface area contributed by atoms with E-state index in [-0.39, 0.29) is 11.8 Å². The summed E-state index contributed by atoms with van der Waals surface area (Å²) in [6, 6.07) is 14.4.